The molecule has 0 aliphatic carbocycles. The molecule has 1 N–H and O–H groups in total. The number of rotatable bonds is 7. The first-order valence-corrected chi connectivity index (χ1v) is 8.48. The van der Waals surface area contributed by atoms with Crippen LogP contribution >= 0.6 is 0 Å². The summed E-state index contributed by atoms with van der Waals surface area (Å²) < 4.78 is 5.49. The molecular formula is C18H26N2O3. The highest BCUT2D eigenvalue weighted by Crippen LogP contribution is 2.35. The molecule has 0 spiro atoms. The lowest BCUT2D eigenvalue weighted by molar-refractivity contribution is -0.121. The Morgan fingerprint density at radius 1 is 1.30 bits per heavy atom. The number of unbranched alkanes of at least 4 members (excludes halogenated alkanes) is 1. The van der Waals surface area contributed by atoms with Crippen molar-refractivity contribution in [2.45, 2.75) is 46.5 Å². The first-order chi connectivity index (χ1) is 11.1. The molecule has 2 amide bonds. The van der Waals surface area contributed by atoms with Gasteiger partial charge < -0.3 is 15.0 Å². The van der Waals surface area contributed by atoms with Gasteiger partial charge in [-0.15, -0.1) is 0 Å². The molecule has 0 atom stereocenters. The number of hydrogen-bond donors (Lipinski definition) is 1. The van der Waals surface area contributed by atoms with Crippen molar-refractivity contribution >= 4 is 23.2 Å². The Bertz CT molecular complexity index is 567. The van der Waals surface area contributed by atoms with Gasteiger partial charge >= 0.3 is 0 Å². The molecule has 2 rings (SSSR count). The van der Waals surface area contributed by atoms with Crippen LogP contribution in [-0.2, 0) is 9.59 Å². The number of benzene rings is 1. The van der Waals surface area contributed by atoms with Crippen LogP contribution in [0.2, 0.25) is 0 Å². The smallest absolute Gasteiger partial charge is 0.265 e. The lowest BCUT2D eigenvalue weighted by Gasteiger charge is -2.30. The third-order valence-electron chi connectivity index (χ3n) is 4.26. The molecule has 0 saturated heterocycles. The predicted molar refractivity (Wildman–Crippen MR) is 91.9 cm³/mol. The maximum absolute atomic E-state index is 12.2. The Kier molecular flexibility index (Phi) is 6.02. The number of anilines is 2. The summed E-state index contributed by atoms with van der Waals surface area (Å²) in [6.45, 7) is 6.88. The molecule has 5 nitrogen and oxygen atoms in total. The molecule has 1 aliphatic heterocycles. The molecule has 23 heavy (non-hydrogen) atoms. The van der Waals surface area contributed by atoms with E-state index >= 15 is 0 Å². The third-order valence-corrected chi connectivity index (χ3v) is 4.26. The molecule has 1 heterocycles. The van der Waals surface area contributed by atoms with Gasteiger partial charge in [0.1, 0.15) is 5.75 Å². The van der Waals surface area contributed by atoms with Crippen molar-refractivity contribution in [3.05, 3.63) is 18.2 Å². The van der Waals surface area contributed by atoms with Gasteiger partial charge in [-0.1, -0.05) is 27.2 Å². The monoisotopic (exact) mass is 318 g/mol. The highest BCUT2D eigenvalue weighted by molar-refractivity contribution is 5.99. The van der Waals surface area contributed by atoms with E-state index in [1.807, 2.05) is 32.0 Å². The van der Waals surface area contributed by atoms with Crippen LogP contribution in [0.15, 0.2) is 18.2 Å². The summed E-state index contributed by atoms with van der Waals surface area (Å²) in [5.41, 5.74) is 1.46. The standard InChI is InChI=1S/C18H26N2O3/c1-4-7-10-20-15-11-14(19-18(22)13(5-2)6-3)8-9-16(15)23-12-17(20)21/h8-9,11,13H,4-7,10,12H2,1-3H3,(H,19,22). The van der Waals surface area contributed by atoms with Gasteiger partial charge in [0.05, 0.1) is 5.69 Å². The van der Waals surface area contributed by atoms with Crippen molar-refractivity contribution in [3.63, 3.8) is 0 Å². The topological polar surface area (TPSA) is 58.6 Å². The number of amides is 2. The number of hydrogen-bond acceptors (Lipinski definition) is 3. The summed E-state index contributed by atoms with van der Waals surface area (Å²) in [5.74, 6) is 0.703. The fourth-order valence-electron chi connectivity index (χ4n) is 2.75. The first-order valence-electron chi connectivity index (χ1n) is 8.48. The van der Waals surface area contributed by atoms with Crippen LogP contribution in [0.25, 0.3) is 0 Å². The van der Waals surface area contributed by atoms with Gasteiger partial charge in [-0.2, -0.15) is 0 Å². The molecule has 1 aromatic rings. The zero-order valence-corrected chi connectivity index (χ0v) is 14.2. The minimum atomic E-state index is -0.0329. The van der Waals surface area contributed by atoms with E-state index in [-0.39, 0.29) is 24.3 Å². The largest absolute Gasteiger partial charge is 0.482 e. The summed E-state index contributed by atoms with van der Waals surface area (Å²) in [5, 5.41) is 2.95. The maximum Gasteiger partial charge on any atom is 0.265 e. The fraction of sp³-hybridized carbons (Fsp3) is 0.556. The van der Waals surface area contributed by atoms with Crippen molar-refractivity contribution in [1.82, 2.24) is 0 Å². The molecular weight excluding hydrogens is 292 g/mol. The maximum atomic E-state index is 12.2. The molecule has 1 aromatic carbocycles. The second kappa shape index (κ2) is 7.99. The van der Waals surface area contributed by atoms with Gasteiger partial charge in [0, 0.05) is 18.2 Å². The Hall–Kier alpha value is -2.04. The van der Waals surface area contributed by atoms with Gasteiger partial charge in [0.15, 0.2) is 6.61 Å². The van der Waals surface area contributed by atoms with Crippen LogP contribution in [0.1, 0.15) is 46.5 Å². The number of ether oxygens (including phenoxy) is 1. The summed E-state index contributed by atoms with van der Waals surface area (Å²) in [4.78, 5) is 26.1. The SMILES string of the molecule is CCCCN1C(=O)COc2ccc(NC(=O)C(CC)CC)cc21. The summed E-state index contributed by atoms with van der Waals surface area (Å²) in [7, 11) is 0. The summed E-state index contributed by atoms with van der Waals surface area (Å²) in [6.07, 6.45) is 3.59. The van der Waals surface area contributed by atoms with Crippen LogP contribution < -0.4 is 15.0 Å². The quantitative estimate of drug-likeness (QED) is 0.836. The Morgan fingerprint density at radius 2 is 2.04 bits per heavy atom. The van der Waals surface area contributed by atoms with Crippen LogP contribution in [-0.4, -0.2) is 25.0 Å². The zero-order valence-electron chi connectivity index (χ0n) is 14.2. The minimum absolute atomic E-state index is 0.0140. The van der Waals surface area contributed by atoms with Crippen molar-refractivity contribution < 1.29 is 14.3 Å². The normalized spacial score (nSPS) is 13.7. The van der Waals surface area contributed by atoms with Gasteiger partial charge in [0.25, 0.3) is 5.91 Å². The van der Waals surface area contributed by atoms with Gasteiger partial charge in [-0.25, -0.2) is 0 Å². The molecule has 0 aromatic heterocycles. The predicted octanol–water partition coefficient (Wildman–Crippen LogP) is 3.59. The lowest BCUT2D eigenvalue weighted by Crippen LogP contribution is -2.39. The van der Waals surface area contributed by atoms with Crippen molar-refractivity contribution in [1.29, 1.82) is 0 Å². The van der Waals surface area contributed by atoms with Crippen LogP contribution in [0.3, 0.4) is 0 Å². The van der Waals surface area contributed by atoms with Crippen LogP contribution in [0.5, 0.6) is 5.75 Å². The number of fused-ring (bicyclic) bond motifs is 1. The van der Waals surface area contributed by atoms with Gasteiger partial charge in [-0.3, -0.25) is 9.59 Å². The van der Waals surface area contributed by atoms with E-state index in [4.69, 9.17) is 4.74 Å². The molecule has 0 bridgehead atoms. The zero-order chi connectivity index (χ0) is 16.8. The number of nitrogens with zero attached hydrogens (tertiary/aromatic N) is 1. The highest BCUT2D eigenvalue weighted by atomic mass is 16.5. The number of carbonyl (C=O) groups is 2. The van der Waals surface area contributed by atoms with Gasteiger partial charge in [0.2, 0.25) is 5.91 Å². The van der Waals surface area contributed by atoms with E-state index in [1.54, 1.807) is 4.90 Å². The third kappa shape index (κ3) is 4.03. The van der Waals surface area contributed by atoms with E-state index in [0.717, 1.165) is 31.4 Å². The molecule has 5 heteroatoms. The van der Waals surface area contributed by atoms with Gasteiger partial charge in [-0.05, 0) is 37.5 Å². The number of nitrogens with one attached hydrogen (secondary N) is 1. The minimum Gasteiger partial charge on any atom is -0.482 e. The average Bonchev–Trinajstić information content (AvgIpc) is 2.55. The van der Waals surface area contributed by atoms with Crippen molar-refractivity contribution in [2.24, 2.45) is 5.92 Å². The molecule has 0 saturated carbocycles. The molecule has 1 aliphatic rings. The fourth-order valence-corrected chi connectivity index (χ4v) is 2.75. The second-order valence-electron chi connectivity index (χ2n) is 5.87. The Balaban J connectivity index is 2.20. The second-order valence-corrected chi connectivity index (χ2v) is 5.87. The highest BCUT2D eigenvalue weighted by Gasteiger charge is 2.25. The Labute approximate surface area is 138 Å². The first kappa shape index (κ1) is 17.3. The Morgan fingerprint density at radius 3 is 2.70 bits per heavy atom. The lowest BCUT2D eigenvalue weighted by atomic mass is 10.0. The molecule has 126 valence electrons. The summed E-state index contributed by atoms with van der Waals surface area (Å²) in [6, 6.07) is 5.48. The van der Waals surface area contributed by atoms with Crippen molar-refractivity contribution in [3.8, 4) is 5.75 Å². The summed E-state index contributed by atoms with van der Waals surface area (Å²) >= 11 is 0. The average molecular weight is 318 g/mol. The molecule has 0 radical (unpaired) electrons. The van der Waals surface area contributed by atoms with Crippen molar-refractivity contribution in [2.75, 3.05) is 23.4 Å². The van der Waals surface area contributed by atoms with E-state index in [0.29, 0.717) is 18.0 Å². The van der Waals surface area contributed by atoms with E-state index in [2.05, 4.69) is 12.2 Å². The van der Waals surface area contributed by atoms with Crippen LogP contribution in [0, 0.1) is 5.92 Å². The molecule has 0 unspecified atom stereocenters. The molecule has 0 fully saturated rings. The van der Waals surface area contributed by atoms with E-state index in [9.17, 15) is 9.59 Å². The van der Waals surface area contributed by atoms with Crippen LogP contribution in [0.4, 0.5) is 11.4 Å². The number of carbonyl (C=O) groups excluding carboxylic acids is 2. The van der Waals surface area contributed by atoms with E-state index < -0.39 is 0 Å². The van der Waals surface area contributed by atoms with E-state index in [1.165, 1.54) is 0 Å².